The third-order valence-corrected chi connectivity index (χ3v) is 4.59. The highest BCUT2D eigenvalue weighted by atomic mass is 15.3. The Hall–Kier alpha value is -2.29. The summed E-state index contributed by atoms with van der Waals surface area (Å²) in [5.74, 6) is 0. The second-order valence-corrected chi connectivity index (χ2v) is 6.39. The quantitative estimate of drug-likeness (QED) is 0.794. The molecule has 0 saturated carbocycles. The van der Waals surface area contributed by atoms with Gasteiger partial charge in [-0.1, -0.05) is 32.0 Å². The first-order valence-corrected chi connectivity index (χ1v) is 7.33. The summed E-state index contributed by atoms with van der Waals surface area (Å²) in [6.45, 7) is 5.50. The van der Waals surface area contributed by atoms with Crippen LogP contribution >= 0.6 is 0 Å². The van der Waals surface area contributed by atoms with Crippen molar-refractivity contribution in [1.82, 2.24) is 9.88 Å². The Morgan fingerprint density at radius 2 is 1.95 bits per heavy atom. The number of rotatable bonds is 1. The Bertz CT molecular complexity index is 746. The van der Waals surface area contributed by atoms with E-state index < -0.39 is 0 Å². The van der Waals surface area contributed by atoms with Crippen LogP contribution in [0.2, 0.25) is 0 Å². The Kier molecular flexibility index (Phi) is 2.43. The van der Waals surface area contributed by atoms with Crippen LogP contribution in [0.4, 0.5) is 5.69 Å². The van der Waals surface area contributed by atoms with Crippen LogP contribution in [-0.4, -0.2) is 23.6 Å². The van der Waals surface area contributed by atoms with Gasteiger partial charge in [0.15, 0.2) is 0 Å². The van der Waals surface area contributed by atoms with E-state index in [9.17, 15) is 0 Å². The maximum Gasteiger partial charge on any atom is 0.0939 e. The molecule has 0 fully saturated rings. The van der Waals surface area contributed by atoms with Crippen molar-refractivity contribution in [1.29, 1.82) is 0 Å². The third-order valence-electron chi connectivity index (χ3n) is 4.59. The van der Waals surface area contributed by atoms with Crippen LogP contribution in [0.3, 0.4) is 0 Å². The molecule has 0 spiro atoms. The molecule has 2 aliphatic rings. The van der Waals surface area contributed by atoms with E-state index in [-0.39, 0.29) is 5.41 Å². The first-order chi connectivity index (χ1) is 10.1. The average Bonchev–Trinajstić information content (AvgIpc) is 3.01. The number of aromatic nitrogens is 1. The lowest BCUT2D eigenvalue weighted by Gasteiger charge is -2.28. The van der Waals surface area contributed by atoms with Gasteiger partial charge in [-0.05, 0) is 23.3 Å². The van der Waals surface area contributed by atoms with E-state index in [1.807, 2.05) is 12.3 Å². The molecule has 1 aliphatic carbocycles. The number of anilines is 1. The van der Waals surface area contributed by atoms with E-state index in [1.165, 1.54) is 22.4 Å². The van der Waals surface area contributed by atoms with E-state index in [1.54, 1.807) is 0 Å². The van der Waals surface area contributed by atoms with Crippen molar-refractivity contribution in [2.24, 2.45) is 0 Å². The Morgan fingerprint density at radius 3 is 2.71 bits per heavy atom. The first-order valence-electron chi connectivity index (χ1n) is 7.33. The van der Waals surface area contributed by atoms with Gasteiger partial charge in [0.1, 0.15) is 0 Å². The van der Waals surface area contributed by atoms with Gasteiger partial charge in [-0.3, -0.25) is 4.98 Å². The summed E-state index contributed by atoms with van der Waals surface area (Å²) < 4.78 is 0. The molecule has 3 nitrogen and oxygen atoms in total. The van der Waals surface area contributed by atoms with Crippen molar-refractivity contribution >= 4 is 5.69 Å². The van der Waals surface area contributed by atoms with Crippen molar-refractivity contribution in [3.05, 3.63) is 60.1 Å². The molecule has 1 aromatic heterocycles. The van der Waals surface area contributed by atoms with E-state index in [2.05, 4.69) is 72.3 Å². The van der Waals surface area contributed by atoms with E-state index in [4.69, 9.17) is 0 Å². The van der Waals surface area contributed by atoms with Gasteiger partial charge in [0, 0.05) is 42.3 Å². The molecule has 2 heterocycles. The number of pyridine rings is 1. The van der Waals surface area contributed by atoms with Gasteiger partial charge < -0.3 is 9.80 Å². The summed E-state index contributed by atoms with van der Waals surface area (Å²) in [6.07, 6.45) is 6.16. The highest BCUT2D eigenvalue weighted by Crippen LogP contribution is 2.51. The van der Waals surface area contributed by atoms with Gasteiger partial charge in [-0.15, -0.1) is 0 Å². The van der Waals surface area contributed by atoms with Crippen LogP contribution in [0.5, 0.6) is 0 Å². The molecule has 1 aliphatic heterocycles. The SMILES string of the molecule is CN1C=CN(c2cccc3c2C(C)(C)c2cccnc2-3)C1. The standard InChI is InChI=1S/C18H19N3/c1-18(2)14-7-5-9-19-17(14)13-6-4-8-15(16(13)18)21-11-10-20(3)12-21/h4-11H,12H2,1-3H3. The van der Waals surface area contributed by atoms with Crippen molar-refractivity contribution in [3.8, 4) is 11.3 Å². The minimum Gasteiger partial charge on any atom is -0.361 e. The van der Waals surface area contributed by atoms with Crippen LogP contribution < -0.4 is 4.90 Å². The molecule has 3 heteroatoms. The summed E-state index contributed by atoms with van der Waals surface area (Å²) in [5, 5.41) is 0. The molecular weight excluding hydrogens is 258 g/mol. The molecule has 21 heavy (non-hydrogen) atoms. The summed E-state index contributed by atoms with van der Waals surface area (Å²) in [6, 6.07) is 10.8. The van der Waals surface area contributed by atoms with Gasteiger partial charge in [0.25, 0.3) is 0 Å². The summed E-state index contributed by atoms with van der Waals surface area (Å²) in [5.41, 5.74) is 6.40. The third kappa shape index (κ3) is 1.63. The maximum absolute atomic E-state index is 4.63. The van der Waals surface area contributed by atoms with Gasteiger partial charge in [-0.2, -0.15) is 0 Å². The van der Waals surface area contributed by atoms with Gasteiger partial charge in [-0.25, -0.2) is 0 Å². The summed E-state index contributed by atoms with van der Waals surface area (Å²) in [4.78, 5) is 9.13. The second-order valence-electron chi connectivity index (χ2n) is 6.39. The van der Waals surface area contributed by atoms with Gasteiger partial charge in [0.2, 0.25) is 0 Å². The lowest BCUT2D eigenvalue weighted by atomic mass is 9.81. The number of fused-ring (bicyclic) bond motifs is 3. The summed E-state index contributed by atoms with van der Waals surface area (Å²) >= 11 is 0. The Morgan fingerprint density at radius 1 is 1.10 bits per heavy atom. The van der Waals surface area contributed by atoms with Crippen molar-refractivity contribution in [3.63, 3.8) is 0 Å². The fourth-order valence-electron chi connectivity index (χ4n) is 3.58. The van der Waals surface area contributed by atoms with E-state index in [0.717, 1.165) is 12.4 Å². The topological polar surface area (TPSA) is 19.4 Å². The van der Waals surface area contributed by atoms with Crippen LogP contribution in [-0.2, 0) is 5.41 Å². The van der Waals surface area contributed by atoms with Crippen molar-refractivity contribution in [2.75, 3.05) is 18.6 Å². The van der Waals surface area contributed by atoms with Crippen LogP contribution in [0, 0.1) is 0 Å². The normalized spacial score (nSPS) is 18.0. The Labute approximate surface area is 125 Å². The zero-order chi connectivity index (χ0) is 14.6. The lowest BCUT2D eigenvalue weighted by Crippen LogP contribution is -2.25. The summed E-state index contributed by atoms with van der Waals surface area (Å²) in [7, 11) is 2.10. The molecule has 2 aromatic rings. The van der Waals surface area contributed by atoms with E-state index >= 15 is 0 Å². The van der Waals surface area contributed by atoms with Gasteiger partial charge in [0.05, 0.1) is 12.4 Å². The van der Waals surface area contributed by atoms with Crippen molar-refractivity contribution < 1.29 is 0 Å². The molecule has 0 saturated heterocycles. The number of nitrogens with zero attached hydrogens (tertiary/aromatic N) is 3. The van der Waals surface area contributed by atoms with E-state index in [0.29, 0.717) is 0 Å². The molecule has 1 aromatic carbocycles. The number of hydrogen-bond acceptors (Lipinski definition) is 3. The number of hydrogen-bond donors (Lipinski definition) is 0. The Balaban J connectivity index is 1.95. The zero-order valence-corrected chi connectivity index (χ0v) is 12.7. The molecule has 106 valence electrons. The predicted molar refractivity (Wildman–Crippen MR) is 86.1 cm³/mol. The van der Waals surface area contributed by atoms with Crippen LogP contribution in [0.1, 0.15) is 25.0 Å². The minimum absolute atomic E-state index is 0.00940. The smallest absolute Gasteiger partial charge is 0.0939 e. The molecule has 0 N–H and O–H groups in total. The average molecular weight is 277 g/mol. The minimum atomic E-state index is -0.00940. The van der Waals surface area contributed by atoms with Crippen LogP contribution in [0.25, 0.3) is 11.3 Å². The zero-order valence-electron chi connectivity index (χ0n) is 12.7. The lowest BCUT2D eigenvalue weighted by molar-refractivity contribution is 0.494. The molecule has 4 rings (SSSR count). The fourth-order valence-corrected chi connectivity index (χ4v) is 3.58. The predicted octanol–water partition coefficient (Wildman–Crippen LogP) is 3.57. The first kappa shape index (κ1) is 12.5. The highest BCUT2D eigenvalue weighted by molar-refractivity contribution is 5.84. The fraction of sp³-hybridized carbons (Fsp3) is 0.278. The molecule has 0 atom stereocenters. The van der Waals surface area contributed by atoms with Gasteiger partial charge >= 0.3 is 0 Å². The maximum atomic E-state index is 4.63. The van der Waals surface area contributed by atoms with Crippen LogP contribution in [0.15, 0.2) is 48.9 Å². The highest BCUT2D eigenvalue weighted by Gasteiger charge is 2.39. The second kappa shape index (κ2) is 4.10. The number of benzene rings is 1. The largest absolute Gasteiger partial charge is 0.361 e. The molecule has 0 radical (unpaired) electrons. The molecule has 0 unspecified atom stereocenters. The molecular formula is C18H19N3. The molecule has 0 amide bonds. The monoisotopic (exact) mass is 277 g/mol. The molecule has 0 bridgehead atoms. The van der Waals surface area contributed by atoms with Crippen molar-refractivity contribution in [2.45, 2.75) is 19.3 Å².